The topological polar surface area (TPSA) is 42.7 Å². The van der Waals surface area contributed by atoms with E-state index in [1.54, 1.807) is 0 Å². The third-order valence-corrected chi connectivity index (χ3v) is 3.57. The molecular formula is C11H20N4. The van der Waals surface area contributed by atoms with Gasteiger partial charge in [-0.2, -0.15) is 0 Å². The quantitative estimate of drug-likeness (QED) is 0.812. The van der Waals surface area contributed by atoms with Crippen LogP contribution in [0.15, 0.2) is 6.20 Å². The predicted octanol–water partition coefficient (Wildman–Crippen LogP) is 1.23. The second-order valence-electron chi connectivity index (χ2n) is 4.80. The lowest BCUT2D eigenvalue weighted by Crippen LogP contribution is -2.29. The Balaban J connectivity index is 2.13. The zero-order valence-electron chi connectivity index (χ0n) is 9.82. The molecule has 0 radical (unpaired) electrons. The Hall–Kier alpha value is -0.900. The van der Waals surface area contributed by atoms with Gasteiger partial charge in [0.25, 0.3) is 0 Å². The van der Waals surface area contributed by atoms with Gasteiger partial charge < -0.3 is 5.32 Å². The monoisotopic (exact) mass is 208 g/mol. The van der Waals surface area contributed by atoms with Gasteiger partial charge in [0.05, 0.1) is 11.9 Å². The fourth-order valence-electron chi connectivity index (χ4n) is 2.77. The van der Waals surface area contributed by atoms with Gasteiger partial charge in [0.1, 0.15) is 0 Å². The fourth-order valence-corrected chi connectivity index (χ4v) is 2.77. The Labute approximate surface area is 91.1 Å². The summed E-state index contributed by atoms with van der Waals surface area (Å²) in [6, 6.07) is 0.662. The predicted molar refractivity (Wildman–Crippen MR) is 59.7 cm³/mol. The molecule has 0 spiro atoms. The van der Waals surface area contributed by atoms with E-state index >= 15 is 0 Å². The Bertz CT molecular complexity index is 333. The Kier molecular flexibility index (Phi) is 2.78. The molecule has 0 aliphatic heterocycles. The van der Waals surface area contributed by atoms with Crippen LogP contribution in [0, 0.1) is 0 Å². The van der Waals surface area contributed by atoms with E-state index in [0.29, 0.717) is 6.04 Å². The highest BCUT2D eigenvalue weighted by Crippen LogP contribution is 2.39. The summed E-state index contributed by atoms with van der Waals surface area (Å²) in [5.41, 5.74) is 1.52. The summed E-state index contributed by atoms with van der Waals surface area (Å²) in [7, 11) is 1.98. The molecule has 84 valence electrons. The number of nitrogens with zero attached hydrogens (tertiary/aromatic N) is 3. The molecule has 0 saturated heterocycles. The van der Waals surface area contributed by atoms with Crippen LogP contribution < -0.4 is 5.32 Å². The fraction of sp³-hybridized carbons (Fsp3) is 0.818. The van der Waals surface area contributed by atoms with Crippen LogP contribution in [0.5, 0.6) is 0 Å². The highest BCUT2D eigenvalue weighted by atomic mass is 15.4. The largest absolute Gasteiger partial charge is 0.314 e. The highest BCUT2D eigenvalue weighted by molar-refractivity contribution is 5.15. The molecule has 2 rings (SSSR count). The number of rotatable bonds is 3. The van der Waals surface area contributed by atoms with Crippen LogP contribution in [0.25, 0.3) is 0 Å². The molecule has 0 amide bonds. The van der Waals surface area contributed by atoms with E-state index < -0.39 is 0 Å². The summed E-state index contributed by atoms with van der Waals surface area (Å²) >= 11 is 0. The van der Waals surface area contributed by atoms with E-state index in [2.05, 4.69) is 29.5 Å². The first kappa shape index (κ1) is 10.6. The summed E-state index contributed by atoms with van der Waals surface area (Å²) < 4.78 is 1.91. The van der Waals surface area contributed by atoms with Gasteiger partial charge in [-0.25, -0.2) is 0 Å². The molecule has 1 aromatic heterocycles. The number of nitrogens with one attached hydrogen (secondary N) is 1. The third kappa shape index (κ3) is 1.91. The molecule has 2 atom stereocenters. The molecule has 4 nitrogen and oxygen atoms in total. The molecule has 1 aliphatic rings. The molecule has 1 aliphatic carbocycles. The Morgan fingerprint density at radius 2 is 2.47 bits per heavy atom. The van der Waals surface area contributed by atoms with Crippen LogP contribution in [0.3, 0.4) is 0 Å². The first-order valence-corrected chi connectivity index (χ1v) is 5.74. The van der Waals surface area contributed by atoms with Gasteiger partial charge in [-0.1, -0.05) is 19.1 Å². The van der Waals surface area contributed by atoms with E-state index in [4.69, 9.17) is 0 Å². The molecular weight excluding hydrogens is 188 g/mol. The lowest BCUT2D eigenvalue weighted by Gasteiger charge is -2.23. The molecule has 2 unspecified atom stereocenters. The Morgan fingerprint density at radius 3 is 3.07 bits per heavy atom. The lowest BCUT2D eigenvalue weighted by molar-refractivity contribution is 0.426. The van der Waals surface area contributed by atoms with E-state index in [0.717, 1.165) is 6.54 Å². The minimum atomic E-state index is 0.255. The van der Waals surface area contributed by atoms with Crippen LogP contribution in [0.4, 0.5) is 0 Å². The second kappa shape index (κ2) is 3.93. The van der Waals surface area contributed by atoms with Crippen molar-refractivity contribution in [3.63, 3.8) is 0 Å². The maximum Gasteiger partial charge on any atom is 0.0730 e. The molecule has 1 N–H and O–H groups in total. The van der Waals surface area contributed by atoms with Crippen LogP contribution in [-0.4, -0.2) is 27.6 Å². The first-order chi connectivity index (χ1) is 7.15. The average molecular weight is 208 g/mol. The highest BCUT2D eigenvalue weighted by Gasteiger charge is 2.38. The summed E-state index contributed by atoms with van der Waals surface area (Å²) in [6.45, 7) is 5.55. The average Bonchev–Trinajstić information content (AvgIpc) is 2.75. The molecule has 1 saturated carbocycles. The van der Waals surface area contributed by atoms with E-state index in [-0.39, 0.29) is 5.41 Å². The van der Waals surface area contributed by atoms with Gasteiger partial charge in [0, 0.05) is 18.5 Å². The van der Waals surface area contributed by atoms with Crippen LogP contribution in [-0.2, 0) is 12.5 Å². The normalized spacial score (nSPS) is 31.0. The summed E-state index contributed by atoms with van der Waals surface area (Å²) in [6.07, 6.45) is 5.60. The second-order valence-corrected chi connectivity index (χ2v) is 4.80. The summed E-state index contributed by atoms with van der Waals surface area (Å²) in [5, 5.41) is 11.5. The number of aryl methyl sites for hydroxylation is 1. The SMILES string of the molecule is CCNC1CCC(C)(c2cnnn2C)C1. The van der Waals surface area contributed by atoms with E-state index in [9.17, 15) is 0 Å². The van der Waals surface area contributed by atoms with Gasteiger partial charge in [0.2, 0.25) is 0 Å². The van der Waals surface area contributed by atoms with Crippen molar-refractivity contribution in [1.82, 2.24) is 20.3 Å². The molecule has 0 aromatic carbocycles. The lowest BCUT2D eigenvalue weighted by atomic mass is 9.85. The van der Waals surface area contributed by atoms with Crippen LogP contribution >= 0.6 is 0 Å². The van der Waals surface area contributed by atoms with Crippen molar-refractivity contribution in [1.29, 1.82) is 0 Å². The van der Waals surface area contributed by atoms with Gasteiger partial charge >= 0.3 is 0 Å². The van der Waals surface area contributed by atoms with Crippen LogP contribution in [0.1, 0.15) is 38.8 Å². The maximum absolute atomic E-state index is 4.02. The smallest absolute Gasteiger partial charge is 0.0730 e. The number of aromatic nitrogens is 3. The van der Waals surface area contributed by atoms with Crippen molar-refractivity contribution in [2.45, 2.75) is 44.6 Å². The van der Waals surface area contributed by atoms with Gasteiger partial charge in [-0.15, -0.1) is 5.10 Å². The summed E-state index contributed by atoms with van der Waals surface area (Å²) in [5.74, 6) is 0. The standard InChI is InChI=1S/C11H20N4/c1-4-12-9-5-6-11(2,7-9)10-8-13-14-15(10)3/h8-9,12H,4-7H2,1-3H3. The van der Waals surface area contributed by atoms with Crippen molar-refractivity contribution >= 4 is 0 Å². The van der Waals surface area contributed by atoms with Crippen molar-refractivity contribution in [2.24, 2.45) is 7.05 Å². The molecule has 1 heterocycles. The first-order valence-electron chi connectivity index (χ1n) is 5.74. The third-order valence-electron chi connectivity index (χ3n) is 3.57. The molecule has 4 heteroatoms. The maximum atomic E-state index is 4.02. The minimum Gasteiger partial charge on any atom is -0.314 e. The van der Waals surface area contributed by atoms with Crippen molar-refractivity contribution < 1.29 is 0 Å². The Morgan fingerprint density at radius 1 is 1.67 bits per heavy atom. The zero-order valence-corrected chi connectivity index (χ0v) is 9.82. The zero-order chi connectivity index (χ0) is 10.9. The molecule has 15 heavy (non-hydrogen) atoms. The number of hydrogen-bond acceptors (Lipinski definition) is 3. The summed E-state index contributed by atoms with van der Waals surface area (Å²) in [4.78, 5) is 0. The molecule has 0 bridgehead atoms. The van der Waals surface area contributed by atoms with Gasteiger partial charge in [-0.3, -0.25) is 4.68 Å². The van der Waals surface area contributed by atoms with Gasteiger partial charge in [0.15, 0.2) is 0 Å². The van der Waals surface area contributed by atoms with Crippen molar-refractivity contribution in [2.75, 3.05) is 6.54 Å². The minimum absolute atomic E-state index is 0.255. The molecule has 1 aromatic rings. The van der Waals surface area contributed by atoms with E-state index in [1.165, 1.54) is 25.0 Å². The van der Waals surface area contributed by atoms with E-state index in [1.807, 2.05) is 17.9 Å². The van der Waals surface area contributed by atoms with Crippen molar-refractivity contribution in [3.8, 4) is 0 Å². The molecule has 1 fully saturated rings. The van der Waals surface area contributed by atoms with Crippen molar-refractivity contribution in [3.05, 3.63) is 11.9 Å². The van der Waals surface area contributed by atoms with Crippen LogP contribution in [0.2, 0.25) is 0 Å². The van der Waals surface area contributed by atoms with Gasteiger partial charge in [-0.05, 0) is 25.8 Å². The number of hydrogen-bond donors (Lipinski definition) is 1.